The molecule has 5 heteroatoms. The quantitative estimate of drug-likeness (QED) is 0.594. The molecule has 0 amide bonds. The van der Waals surface area contributed by atoms with Crippen LogP contribution < -0.4 is 0 Å². The van der Waals surface area contributed by atoms with Gasteiger partial charge in [-0.1, -0.05) is 6.07 Å². The number of ether oxygens (including phenoxy) is 2. The molecule has 1 aromatic carbocycles. The second kappa shape index (κ2) is 7.62. The molecule has 20 heavy (non-hydrogen) atoms. The minimum atomic E-state index is -1.01. The van der Waals surface area contributed by atoms with E-state index >= 15 is 0 Å². The first-order valence-electron chi connectivity index (χ1n) is 6.57. The minimum absolute atomic E-state index is 0.143. The van der Waals surface area contributed by atoms with Gasteiger partial charge in [-0.3, -0.25) is 9.59 Å². The molecule has 0 heterocycles. The van der Waals surface area contributed by atoms with Gasteiger partial charge < -0.3 is 9.47 Å². The molecule has 1 aromatic rings. The van der Waals surface area contributed by atoms with Gasteiger partial charge in [0, 0.05) is 0 Å². The van der Waals surface area contributed by atoms with Crippen LogP contribution in [0.25, 0.3) is 0 Å². The Balaban J connectivity index is 2.93. The van der Waals surface area contributed by atoms with Crippen molar-refractivity contribution in [2.75, 3.05) is 13.2 Å². The van der Waals surface area contributed by atoms with E-state index in [9.17, 15) is 14.0 Å². The van der Waals surface area contributed by atoms with Gasteiger partial charge >= 0.3 is 11.9 Å². The molecule has 0 unspecified atom stereocenters. The molecule has 0 aliphatic carbocycles. The van der Waals surface area contributed by atoms with Crippen LogP contribution in [0.5, 0.6) is 0 Å². The highest BCUT2D eigenvalue weighted by molar-refractivity contribution is 5.95. The van der Waals surface area contributed by atoms with E-state index in [0.717, 1.165) is 5.56 Å². The summed E-state index contributed by atoms with van der Waals surface area (Å²) >= 11 is 0. The Morgan fingerprint density at radius 3 is 2.15 bits per heavy atom. The van der Waals surface area contributed by atoms with Crippen molar-refractivity contribution in [1.82, 2.24) is 0 Å². The van der Waals surface area contributed by atoms with Crippen molar-refractivity contribution in [3.63, 3.8) is 0 Å². The van der Waals surface area contributed by atoms with Crippen LogP contribution in [0.15, 0.2) is 18.2 Å². The van der Waals surface area contributed by atoms with E-state index in [4.69, 9.17) is 9.47 Å². The second-order valence-corrected chi connectivity index (χ2v) is 4.33. The van der Waals surface area contributed by atoms with Crippen LogP contribution in [0, 0.1) is 18.7 Å². The topological polar surface area (TPSA) is 52.6 Å². The first kappa shape index (κ1) is 16.1. The SMILES string of the molecule is CCOC(=O)C(Cc1ccc(F)cc1C)C(=O)OCC. The molecule has 0 fully saturated rings. The summed E-state index contributed by atoms with van der Waals surface area (Å²) in [5.74, 6) is -2.60. The zero-order valence-electron chi connectivity index (χ0n) is 11.9. The normalized spacial score (nSPS) is 10.4. The van der Waals surface area contributed by atoms with Gasteiger partial charge in [-0.15, -0.1) is 0 Å². The Bertz CT molecular complexity index is 467. The maximum absolute atomic E-state index is 13.1. The Hall–Kier alpha value is -1.91. The molecule has 0 bridgehead atoms. The number of carbonyl (C=O) groups is 2. The molecule has 0 N–H and O–H groups in total. The van der Waals surface area contributed by atoms with Crippen LogP contribution in [-0.4, -0.2) is 25.2 Å². The lowest BCUT2D eigenvalue weighted by atomic mass is 9.96. The number of benzene rings is 1. The summed E-state index contributed by atoms with van der Waals surface area (Å²) in [4.78, 5) is 23.7. The smallest absolute Gasteiger partial charge is 0.320 e. The van der Waals surface area contributed by atoms with E-state index in [1.54, 1.807) is 26.8 Å². The van der Waals surface area contributed by atoms with Gasteiger partial charge in [0.05, 0.1) is 13.2 Å². The van der Waals surface area contributed by atoms with Crippen LogP contribution >= 0.6 is 0 Å². The van der Waals surface area contributed by atoms with E-state index in [0.29, 0.717) is 5.56 Å². The molecule has 0 aliphatic heterocycles. The van der Waals surface area contributed by atoms with E-state index in [-0.39, 0.29) is 25.5 Å². The number of aryl methyl sites for hydroxylation is 1. The largest absolute Gasteiger partial charge is 0.465 e. The van der Waals surface area contributed by atoms with Crippen molar-refractivity contribution in [2.45, 2.75) is 27.2 Å². The lowest BCUT2D eigenvalue weighted by molar-refractivity contribution is -0.161. The third-order valence-electron chi connectivity index (χ3n) is 2.87. The highest BCUT2D eigenvalue weighted by atomic mass is 19.1. The van der Waals surface area contributed by atoms with Crippen LogP contribution in [0.2, 0.25) is 0 Å². The zero-order valence-corrected chi connectivity index (χ0v) is 11.9. The monoisotopic (exact) mass is 282 g/mol. The zero-order chi connectivity index (χ0) is 15.1. The van der Waals surface area contributed by atoms with Crippen LogP contribution in [0.4, 0.5) is 4.39 Å². The van der Waals surface area contributed by atoms with Crippen molar-refractivity contribution < 1.29 is 23.5 Å². The van der Waals surface area contributed by atoms with E-state index < -0.39 is 17.9 Å². The van der Waals surface area contributed by atoms with Crippen molar-refractivity contribution in [3.05, 3.63) is 35.1 Å². The first-order valence-corrected chi connectivity index (χ1v) is 6.57. The number of carbonyl (C=O) groups excluding carboxylic acids is 2. The first-order chi connectivity index (χ1) is 9.49. The number of hydrogen-bond donors (Lipinski definition) is 0. The summed E-state index contributed by atoms with van der Waals surface area (Å²) in [5, 5.41) is 0. The van der Waals surface area contributed by atoms with Gasteiger partial charge in [0.2, 0.25) is 0 Å². The Morgan fingerprint density at radius 2 is 1.70 bits per heavy atom. The summed E-state index contributed by atoms with van der Waals surface area (Å²) in [6.07, 6.45) is 0.143. The molecule has 4 nitrogen and oxygen atoms in total. The highest BCUT2D eigenvalue weighted by Crippen LogP contribution is 2.17. The molecule has 0 atom stereocenters. The van der Waals surface area contributed by atoms with Gasteiger partial charge in [0.25, 0.3) is 0 Å². The molecule has 0 radical (unpaired) electrons. The molecule has 110 valence electrons. The average molecular weight is 282 g/mol. The fraction of sp³-hybridized carbons (Fsp3) is 0.467. The van der Waals surface area contributed by atoms with Gasteiger partial charge in [-0.25, -0.2) is 4.39 Å². The molecule has 0 spiro atoms. The summed E-state index contributed by atoms with van der Waals surface area (Å²) in [7, 11) is 0. The molecule has 0 aromatic heterocycles. The van der Waals surface area contributed by atoms with Gasteiger partial charge in [-0.2, -0.15) is 0 Å². The van der Waals surface area contributed by atoms with Crippen molar-refractivity contribution in [3.8, 4) is 0 Å². The maximum atomic E-state index is 13.1. The van der Waals surface area contributed by atoms with Crippen LogP contribution in [0.3, 0.4) is 0 Å². The molecule has 0 aliphatic rings. The number of hydrogen-bond acceptors (Lipinski definition) is 4. The summed E-state index contributed by atoms with van der Waals surface area (Å²) in [6, 6.07) is 4.23. The number of halogens is 1. The number of esters is 2. The summed E-state index contributed by atoms with van der Waals surface area (Å²) in [5.41, 5.74) is 1.40. The van der Waals surface area contributed by atoms with Gasteiger partial charge in [0.1, 0.15) is 5.82 Å². The van der Waals surface area contributed by atoms with Crippen LogP contribution in [0.1, 0.15) is 25.0 Å². The van der Waals surface area contributed by atoms with Gasteiger partial charge in [0.15, 0.2) is 5.92 Å². The van der Waals surface area contributed by atoms with E-state index in [2.05, 4.69) is 0 Å². The second-order valence-electron chi connectivity index (χ2n) is 4.33. The summed E-state index contributed by atoms with van der Waals surface area (Å²) < 4.78 is 22.8. The standard InChI is InChI=1S/C15H19FO4/c1-4-19-14(17)13(15(18)20-5-2)9-11-6-7-12(16)8-10(11)3/h6-8,13H,4-5,9H2,1-3H3. The molecule has 1 rings (SSSR count). The Morgan fingerprint density at radius 1 is 1.15 bits per heavy atom. The summed E-state index contributed by atoms with van der Waals surface area (Å²) in [6.45, 7) is 5.45. The average Bonchev–Trinajstić information content (AvgIpc) is 2.38. The Labute approximate surface area is 117 Å². The molecule has 0 saturated carbocycles. The highest BCUT2D eigenvalue weighted by Gasteiger charge is 2.30. The van der Waals surface area contributed by atoms with Crippen molar-refractivity contribution >= 4 is 11.9 Å². The predicted octanol–water partition coefficient (Wildman–Crippen LogP) is 2.42. The molecular formula is C15H19FO4. The minimum Gasteiger partial charge on any atom is -0.465 e. The Kier molecular flexibility index (Phi) is 6.15. The molecule has 0 saturated heterocycles. The lowest BCUT2D eigenvalue weighted by Crippen LogP contribution is -2.30. The third-order valence-corrected chi connectivity index (χ3v) is 2.87. The van der Waals surface area contributed by atoms with Crippen LogP contribution in [-0.2, 0) is 25.5 Å². The van der Waals surface area contributed by atoms with Gasteiger partial charge in [-0.05, 0) is 50.5 Å². The van der Waals surface area contributed by atoms with E-state index in [1.807, 2.05) is 0 Å². The van der Waals surface area contributed by atoms with Crippen molar-refractivity contribution in [2.24, 2.45) is 5.92 Å². The third kappa shape index (κ3) is 4.33. The predicted molar refractivity (Wildman–Crippen MR) is 71.6 cm³/mol. The maximum Gasteiger partial charge on any atom is 0.320 e. The number of rotatable bonds is 6. The lowest BCUT2D eigenvalue weighted by Gasteiger charge is -2.15. The molecular weight excluding hydrogens is 263 g/mol. The van der Waals surface area contributed by atoms with E-state index in [1.165, 1.54) is 12.1 Å². The fourth-order valence-electron chi connectivity index (χ4n) is 1.86. The fourth-order valence-corrected chi connectivity index (χ4v) is 1.86. The van der Waals surface area contributed by atoms with Crippen molar-refractivity contribution in [1.29, 1.82) is 0 Å².